The lowest BCUT2D eigenvalue weighted by Gasteiger charge is -2.35. The summed E-state index contributed by atoms with van der Waals surface area (Å²) in [6, 6.07) is 18.0. The number of fused-ring (bicyclic) bond motifs is 1. The zero-order valence-electron chi connectivity index (χ0n) is 17.6. The Balaban J connectivity index is 1.26. The van der Waals surface area contributed by atoms with E-state index in [9.17, 15) is 9.59 Å². The van der Waals surface area contributed by atoms with Crippen molar-refractivity contribution in [3.8, 4) is 11.1 Å². The van der Waals surface area contributed by atoms with Crippen LogP contribution in [0.5, 0.6) is 0 Å². The van der Waals surface area contributed by atoms with Gasteiger partial charge >= 0.3 is 0 Å². The molecule has 1 amide bonds. The van der Waals surface area contributed by atoms with Gasteiger partial charge in [-0.2, -0.15) is 0 Å². The molecule has 1 fully saturated rings. The fourth-order valence-corrected chi connectivity index (χ4v) is 4.59. The van der Waals surface area contributed by atoms with Gasteiger partial charge in [0.15, 0.2) is 0 Å². The summed E-state index contributed by atoms with van der Waals surface area (Å²) in [5.41, 5.74) is 2.90. The van der Waals surface area contributed by atoms with E-state index in [-0.39, 0.29) is 11.5 Å². The number of amides is 1. The molecule has 2 aromatic heterocycles. The molecular formula is C25H20Cl2N4O2. The topological polar surface area (TPSA) is 69.3 Å². The first-order valence-electron chi connectivity index (χ1n) is 10.6. The third-order valence-electron chi connectivity index (χ3n) is 5.81. The lowest BCUT2D eigenvalue weighted by atomic mass is 10.1. The van der Waals surface area contributed by atoms with Crippen molar-refractivity contribution in [3.63, 3.8) is 0 Å². The predicted molar refractivity (Wildman–Crippen MR) is 132 cm³/mol. The maximum atomic E-state index is 13.0. The molecule has 0 spiro atoms. The van der Waals surface area contributed by atoms with Crippen LogP contribution in [0, 0.1) is 0 Å². The zero-order chi connectivity index (χ0) is 22.9. The number of carbonyl (C=O) groups is 1. The van der Waals surface area contributed by atoms with Crippen LogP contribution < -0.4 is 10.5 Å². The fourth-order valence-electron chi connectivity index (χ4n) is 4.07. The summed E-state index contributed by atoms with van der Waals surface area (Å²) in [5, 5.41) is 2.06. The third-order valence-corrected chi connectivity index (χ3v) is 6.24. The number of piperazine rings is 1. The molecule has 33 heavy (non-hydrogen) atoms. The molecule has 2 aromatic carbocycles. The van der Waals surface area contributed by atoms with Gasteiger partial charge in [0.1, 0.15) is 5.82 Å². The van der Waals surface area contributed by atoms with Gasteiger partial charge in [0, 0.05) is 65.1 Å². The van der Waals surface area contributed by atoms with Gasteiger partial charge < -0.3 is 14.8 Å². The van der Waals surface area contributed by atoms with Gasteiger partial charge in [-0.1, -0.05) is 29.3 Å². The van der Waals surface area contributed by atoms with Crippen LogP contribution in [0.25, 0.3) is 22.0 Å². The van der Waals surface area contributed by atoms with Crippen molar-refractivity contribution in [2.75, 3.05) is 31.1 Å². The maximum absolute atomic E-state index is 13.0. The molecule has 0 bridgehead atoms. The van der Waals surface area contributed by atoms with Gasteiger partial charge in [-0.15, -0.1) is 0 Å². The minimum atomic E-state index is -0.183. The highest BCUT2D eigenvalue weighted by Gasteiger charge is 2.23. The molecule has 1 N–H and O–H groups in total. The molecular weight excluding hydrogens is 459 g/mol. The summed E-state index contributed by atoms with van der Waals surface area (Å²) in [5.74, 6) is 0.824. The summed E-state index contributed by atoms with van der Waals surface area (Å²) >= 11 is 12.2. The fraction of sp³-hybridized carbons (Fsp3) is 0.160. The van der Waals surface area contributed by atoms with Crippen LogP contribution in [0.1, 0.15) is 10.4 Å². The van der Waals surface area contributed by atoms with Crippen LogP contribution in [0.3, 0.4) is 0 Å². The van der Waals surface area contributed by atoms with E-state index in [2.05, 4.69) is 14.9 Å². The van der Waals surface area contributed by atoms with Crippen LogP contribution in [0.15, 0.2) is 71.7 Å². The molecule has 0 unspecified atom stereocenters. The minimum absolute atomic E-state index is 0.0394. The molecule has 5 rings (SSSR count). The normalized spacial score (nSPS) is 14.0. The van der Waals surface area contributed by atoms with Gasteiger partial charge in [0.2, 0.25) is 5.56 Å². The highest BCUT2D eigenvalue weighted by atomic mass is 35.5. The molecule has 6 nitrogen and oxygen atoms in total. The first-order valence-corrected chi connectivity index (χ1v) is 11.3. The molecule has 1 saturated heterocycles. The molecule has 1 aliphatic heterocycles. The van der Waals surface area contributed by atoms with Crippen molar-refractivity contribution in [1.29, 1.82) is 0 Å². The Morgan fingerprint density at radius 2 is 1.58 bits per heavy atom. The monoisotopic (exact) mass is 478 g/mol. The molecule has 0 aliphatic carbocycles. The Kier molecular flexibility index (Phi) is 5.79. The van der Waals surface area contributed by atoms with E-state index in [1.54, 1.807) is 24.3 Å². The maximum Gasteiger partial charge on any atom is 0.254 e. The number of halogens is 2. The molecule has 8 heteroatoms. The van der Waals surface area contributed by atoms with E-state index in [0.717, 1.165) is 22.3 Å². The van der Waals surface area contributed by atoms with E-state index in [1.807, 2.05) is 41.4 Å². The van der Waals surface area contributed by atoms with Gasteiger partial charge in [-0.3, -0.25) is 9.59 Å². The number of aromatic nitrogens is 2. The molecule has 1 aliphatic rings. The first-order chi connectivity index (χ1) is 16.0. The number of aromatic amines is 1. The quantitative estimate of drug-likeness (QED) is 0.456. The number of pyridine rings is 2. The summed E-state index contributed by atoms with van der Waals surface area (Å²) in [7, 11) is 0. The van der Waals surface area contributed by atoms with Crippen molar-refractivity contribution in [2.45, 2.75) is 0 Å². The van der Waals surface area contributed by atoms with E-state index in [1.165, 1.54) is 6.07 Å². The van der Waals surface area contributed by atoms with E-state index in [4.69, 9.17) is 23.2 Å². The van der Waals surface area contributed by atoms with Gasteiger partial charge in [0.05, 0.1) is 0 Å². The Bertz CT molecular complexity index is 1370. The molecule has 0 saturated carbocycles. The van der Waals surface area contributed by atoms with Crippen molar-refractivity contribution < 1.29 is 4.79 Å². The average molecular weight is 479 g/mol. The number of hydrogen-bond donors (Lipinski definition) is 1. The summed E-state index contributed by atoms with van der Waals surface area (Å²) in [4.78, 5) is 36.0. The standard InChI is InChI=1S/C25H20Cl2N4O2/c26-20-11-19(12-21(27)14-20)18-3-5-23(28-15-18)30-7-9-31(10-8-30)25(33)17-2-1-16-4-6-24(32)29-22(16)13-17/h1-6,11-15H,7-10H2,(H,29,32). The largest absolute Gasteiger partial charge is 0.353 e. The van der Waals surface area contributed by atoms with Gasteiger partial charge in [0.25, 0.3) is 5.91 Å². The second-order valence-corrected chi connectivity index (χ2v) is 8.84. The number of nitrogens with zero attached hydrogens (tertiary/aromatic N) is 3. The Morgan fingerprint density at radius 3 is 2.27 bits per heavy atom. The Labute approximate surface area is 200 Å². The number of benzene rings is 2. The smallest absolute Gasteiger partial charge is 0.254 e. The minimum Gasteiger partial charge on any atom is -0.353 e. The predicted octanol–water partition coefficient (Wildman–Crippen LogP) is 4.86. The lowest BCUT2D eigenvalue weighted by molar-refractivity contribution is 0.0746. The number of nitrogens with one attached hydrogen (secondary N) is 1. The van der Waals surface area contributed by atoms with Crippen molar-refractivity contribution in [1.82, 2.24) is 14.9 Å². The second-order valence-electron chi connectivity index (χ2n) is 7.97. The second kappa shape index (κ2) is 8.89. The van der Waals surface area contributed by atoms with Crippen LogP contribution in [0.2, 0.25) is 10.0 Å². The molecule has 166 valence electrons. The third kappa shape index (κ3) is 4.58. The molecule has 0 radical (unpaired) electrons. The number of H-pyrrole nitrogens is 1. The average Bonchev–Trinajstić information content (AvgIpc) is 2.83. The van der Waals surface area contributed by atoms with Crippen LogP contribution in [-0.2, 0) is 0 Å². The van der Waals surface area contributed by atoms with E-state index < -0.39 is 0 Å². The van der Waals surface area contributed by atoms with Crippen LogP contribution >= 0.6 is 23.2 Å². The van der Waals surface area contributed by atoms with Crippen molar-refractivity contribution in [2.24, 2.45) is 0 Å². The first kappa shape index (κ1) is 21.5. The zero-order valence-corrected chi connectivity index (χ0v) is 19.1. The van der Waals surface area contributed by atoms with E-state index >= 15 is 0 Å². The lowest BCUT2D eigenvalue weighted by Crippen LogP contribution is -2.49. The van der Waals surface area contributed by atoms with Crippen LogP contribution in [0.4, 0.5) is 5.82 Å². The number of carbonyl (C=O) groups excluding carboxylic acids is 1. The van der Waals surface area contributed by atoms with Gasteiger partial charge in [-0.05, 0) is 59.5 Å². The summed E-state index contributed by atoms with van der Waals surface area (Å²) in [6.45, 7) is 2.56. The number of hydrogen-bond acceptors (Lipinski definition) is 4. The summed E-state index contributed by atoms with van der Waals surface area (Å²) in [6.07, 6.45) is 1.81. The molecule has 3 heterocycles. The van der Waals surface area contributed by atoms with Crippen molar-refractivity contribution in [3.05, 3.63) is 92.8 Å². The van der Waals surface area contributed by atoms with E-state index in [0.29, 0.717) is 47.3 Å². The Morgan fingerprint density at radius 1 is 0.848 bits per heavy atom. The Hall–Kier alpha value is -3.35. The SMILES string of the molecule is O=C(c1ccc2ccc(=O)[nH]c2c1)N1CCN(c2ccc(-c3cc(Cl)cc(Cl)c3)cn2)CC1. The number of rotatable bonds is 3. The highest BCUT2D eigenvalue weighted by Crippen LogP contribution is 2.28. The van der Waals surface area contributed by atoms with Crippen LogP contribution in [-0.4, -0.2) is 47.0 Å². The molecule has 0 atom stereocenters. The molecule has 4 aromatic rings. The summed E-state index contributed by atoms with van der Waals surface area (Å²) < 4.78 is 0. The van der Waals surface area contributed by atoms with Gasteiger partial charge in [-0.25, -0.2) is 4.98 Å². The highest BCUT2D eigenvalue weighted by molar-refractivity contribution is 6.35. The van der Waals surface area contributed by atoms with Crippen molar-refractivity contribution >= 4 is 45.8 Å². The number of anilines is 1.